The van der Waals surface area contributed by atoms with Crippen molar-refractivity contribution in [2.75, 3.05) is 6.61 Å². The molecule has 0 aliphatic heterocycles. The molecule has 0 saturated heterocycles. The molecule has 1 N–H and O–H groups in total. The van der Waals surface area contributed by atoms with Gasteiger partial charge in [-0.05, 0) is 17.7 Å². The molecule has 104 valence electrons. The number of benzene rings is 1. The maximum atomic E-state index is 12.8. The Morgan fingerprint density at radius 1 is 1.32 bits per heavy atom. The maximum Gasteiger partial charge on any atom is 0.307 e. The molecule has 0 amide bonds. The highest BCUT2D eigenvalue weighted by atomic mass is 19.3. The summed E-state index contributed by atoms with van der Waals surface area (Å²) in [6, 6.07) is 6.67. The zero-order chi connectivity index (χ0) is 14.1. The Morgan fingerprint density at radius 3 is 2.37 bits per heavy atom. The van der Waals surface area contributed by atoms with Crippen molar-refractivity contribution < 1.29 is 23.4 Å². The Kier molecular flexibility index (Phi) is 3.47. The van der Waals surface area contributed by atoms with Gasteiger partial charge in [0.05, 0.1) is 13.0 Å². The fourth-order valence-corrected chi connectivity index (χ4v) is 2.43. The lowest BCUT2D eigenvalue weighted by Gasteiger charge is -2.44. The van der Waals surface area contributed by atoms with Gasteiger partial charge in [-0.3, -0.25) is 4.79 Å². The quantitative estimate of drug-likeness (QED) is 0.894. The van der Waals surface area contributed by atoms with Crippen LogP contribution in [0.1, 0.15) is 25.3 Å². The average Bonchev–Trinajstić information content (AvgIpc) is 2.24. The van der Waals surface area contributed by atoms with Crippen LogP contribution in [0.25, 0.3) is 0 Å². The summed E-state index contributed by atoms with van der Waals surface area (Å²) in [5.41, 5.74) is 0.213. The van der Waals surface area contributed by atoms with Crippen LogP contribution in [0.2, 0.25) is 0 Å². The minimum Gasteiger partial charge on any atom is -0.493 e. The van der Waals surface area contributed by atoms with Gasteiger partial charge in [-0.25, -0.2) is 8.78 Å². The zero-order valence-electron chi connectivity index (χ0n) is 10.7. The van der Waals surface area contributed by atoms with E-state index in [1.54, 1.807) is 31.2 Å². The fraction of sp³-hybridized carbons (Fsp3) is 0.500. The van der Waals surface area contributed by atoms with Gasteiger partial charge >= 0.3 is 5.97 Å². The Labute approximate surface area is 110 Å². The Morgan fingerprint density at radius 2 is 1.89 bits per heavy atom. The van der Waals surface area contributed by atoms with Crippen LogP contribution in [-0.4, -0.2) is 23.6 Å². The minimum atomic E-state index is -2.55. The van der Waals surface area contributed by atoms with Gasteiger partial charge in [0.25, 0.3) is 0 Å². The fourth-order valence-electron chi connectivity index (χ4n) is 2.43. The smallest absolute Gasteiger partial charge is 0.307 e. The van der Waals surface area contributed by atoms with E-state index >= 15 is 0 Å². The van der Waals surface area contributed by atoms with E-state index in [-0.39, 0.29) is 25.9 Å². The monoisotopic (exact) mass is 270 g/mol. The van der Waals surface area contributed by atoms with Crippen molar-refractivity contribution in [1.29, 1.82) is 0 Å². The highest BCUT2D eigenvalue weighted by Crippen LogP contribution is 2.51. The van der Waals surface area contributed by atoms with E-state index in [1.165, 1.54) is 0 Å². The lowest BCUT2D eigenvalue weighted by atomic mass is 9.68. The molecule has 0 spiro atoms. The van der Waals surface area contributed by atoms with Gasteiger partial charge in [0, 0.05) is 18.3 Å². The van der Waals surface area contributed by atoms with Gasteiger partial charge in [0.15, 0.2) is 0 Å². The molecular formula is C14H16F2O3. The van der Waals surface area contributed by atoms with Crippen LogP contribution in [0.4, 0.5) is 8.78 Å². The first kappa shape index (κ1) is 13.8. The highest BCUT2D eigenvalue weighted by Gasteiger charge is 2.54. The van der Waals surface area contributed by atoms with E-state index in [4.69, 9.17) is 9.84 Å². The second-order valence-corrected chi connectivity index (χ2v) is 5.52. The molecule has 0 atom stereocenters. The molecule has 1 aromatic rings. The minimum absolute atomic E-state index is 0.0375. The number of carboxylic acid groups (broad SMARTS) is 1. The molecule has 1 saturated carbocycles. The summed E-state index contributed by atoms with van der Waals surface area (Å²) in [6.45, 7) is 2.03. The number of carboxylic acids is 1. The summed E-state index contributed by atoms with van der Waals surface area (Å²) in [5.74, 6) is -2.87. The van der Waals surface area contributed by atoms with Crippen LogP contribution in [0.3, 0.4) is 0 Å². The first-order chi connectivity index (χ1) is 8.78. The van der Waals surface area contributed by atoms with E-state index in [1.807, 2.05) is 0 Å². The third kappa shape index (κ3) is 3.66. The number of alkyl halides is 2. The molecule has 2 rings (SSSR count). The van der Waals surface area contributed by atoms with E-state index < -0.39 is 17.3 Å². The Bertz CT molecular complexity index is 460. The van der Waals surface area contributed by atoms with Gasteiger partial charge < -0.3 is 9.84 Å². The standard InChI is InChI=1S/C14H16F2O3/c1-13(7-14(15,16)8-13)9-19-11-4-2-10(3-5-11)6-12(17)18/h2-5H,6-9H2,1H3,(H,17,18). The van der Waals surface area contributed by atoms with Crippen LogP contribution in [0, 0.1) is 5.41 Å². The summed E-state index contributed by atoms with van der Waals surface area (Å²) in [6.07, 6.45) is -0.321. The lowest BCUT2D eigenvalue weighted by Crippen LogP contribution is -2.47. The molecule has 1 aliphatic rings. The molecule has 1 fully saturated rings. The second-order valence-electron chi connectivity index (χ2n) is 5.52. The SMILES string of the molecule is CC1(COc2ccc(CC(=O)O)cc2)CC(F)(F)C1. The molecule has 1 aliphatic carbocycles. The van der Waals surface area contributed by atoms with Crippen molar-refractivity contribution in [1.82, 2.24) is 0 Å². The van der Waals surface area contributed by atoms with Crippen LogP contribution in [0.15, 0.2) is 24.3 Å². The summed E-state index contributed by atoms with van der Waals surface area (Å²) in [5, 5.41) is 8.63. The highest BCUT2D eigenvalue weighted by molar-refractivity contribution is 5.70. The largest absolute Gasteiger partial charge is 0.493 e. The molecule has 0 heterocycles. The van der Waals surface area contributed by atoms with Gasteiger partial charge in [-0.2, -0.15) is 0 Å². The Balaban J connectivity index is 1.85. The number of aliphatic carboxylic acids is 1. The number of hydrogen-bond donors (Lipinski definition) is 1. The van der Waals surface area contributed by atoms with Gasteiger partial charge in [0.1, 0.15) is 5.75 Å². The zero-order valence-corrected chi connectivity index (χ0v) is 10.7. The van der Waals surface area contributed by atoms with E-state index in [0.29, 0.717) is 11.3 Å². The van der Waals surface area contributed by atoms with Crippen molar-refractivity contribution in [3.8, 4) is 5.75 Å². The van der Waals surface area contributed by atoms with E-state index in [9.17, 15) is 13.6 Å². The summed E-state index contributed by atoms with van der Waals surface area (Å²) in [7, 11) is 0. The van der Waals surface area contributed by atoms with E-state index in [0.717, 1.165) is 0 Å². The molecule has 5 heteroatoms. The predicted molar refractivity (Wildman–Crippen MR) is 65.6 cm³/mol. The summed E-state index contributed by atoms with van der Waals surface area (Å²) >= 11 is 0. The van der Waals surface area contributed by atoms with Gasteiger partial charge in [-0.15, -0.1) is 0 Å². The number of ether oxygens (including phenoxy) is 1. The first-order valence-electron chi connectivity index (χ1n) is 6.09. The molecule has 0 unspecified atom stereocenters. The summed E-state index contributed by atoms with van der Waals surface area (Å²) < 4.78 is 31.1. The lowest BCUT2D eigenvalue weighted by molar-refractivity contribution is -0.164. The summed E-state index contributed by atoms with van der Waals surface area (Å²) in [4.78, 5) is 10.5. The van der Waals surface area contributed by atoms with Crippen LogP contribution >= 0.6 is 0 Å². The number of halogens is 2. The maximum absolute atomic E-state index is 12.8. The third-order valence-corrected chi connectivity index (χ3v) is 3.24. The Hall–Kier alpha value is -1.65. The second kappa shape index (κ2) is 4.79. The first-order valence-corrected chi connectivity index (χ1v) is 6.09. The average molecular weight is 270 g/mol. The number of rotatable bonds is 5. The molecule has 19 heavy (non-hydrogen) atoms. The third-order valence-electron chi connectivity index (χ3n) is 3.24. The van der Waals surface area contributed by atoms with Gasteiger partial charge in [0.2, 0.25) is 5.92 Å². The van der Waals surface area contributed by atoms with Crippen LogP contribution in [-0.2, 0) is 11.2 Å². The predicted octanol–water partition coefficient (Wildman–Crippen LogP) is 3.13. The van der Waals surface area contributed by atoms with Crippen molar-refractivity contribution in [2.45, 2.75) is 32.1 Å². The number of carbonyl (C=O) groups is 1. The molecule has 3 nitrogen and oxygen atoms in total. The molecule has 0 radical (unpaired) electrons. The van der Waals surface area contributed by atoms with Crippen molar-refractivity contribution in [3.63, 3.8) is 0 Å². The van der Waals surface area contributed by atoms with Crippen molar-refractivity contribution in [3.05, 3.63) is 29.8 Å². The molecular weight excluding hydrogens is 254 g/mol. The number of hydrogen-bond acceptors (Lipinski definition) is 2. The topological polar surface area (TPSA) is 46.5 Å². The molecule has 1 aromatic carbocycles. The van der Waals surface area contributed by atoms with Crippen LogP contribution < -0.4 is 4.74 Å². The van der Waals surface area contributed by atoms with E-state index in [2.05, 4.69) is 0 Å². The normalized spacial score (nSPS) is 19.5. The molecule has 0 bridgehead atoms. The van der Waals surface area contributed by atoms with Crippen molar-refractivity contribution in [2.24, 2.45) is 5.41 Å². The van der Waals surface area contributed by atoms with Gasteiger partial charge in [-0.1, -0.05) is 19.1 Å². The van der Waals surface area contributed by atoms with Crippen molar-refractivity contribution >= 4 is 5.97 Å². The van der Waals surface area contributed by atoms with Crippen LogP contribution in [0.5, 0.6) is 5.75 Å². The molecule has 0 aromatic heterocycles.